The van der Waals surface area contributed by atoms with Gasteiger partial charge >= 0.3 is 12.6 Å². The van der Waals surface area contributed by atoms with Crippen LogP contribution < -0.4 is 14.2 Å². The molecule has 0 unspecified atom stereocenters. The number of nitrogens with one attached hydrogen (secondary N) is 1. The number of rotatable bonds is 10. The fraction of sp³-hybridized carbons (Fsp3) is 0.278. The van der Waals surface area contributed by atoms with Gasteiger partial charge in [-0.3, -0.25) is 4.79 Å². The highest BCUT2D eigenvalue weighted by Crippen LogP contribution is 2.29. The number of benzene rings is 2. The second-order valence-corrected chi connectivity index (χ2v) is 7.83. The molecule has 0 atom stereocenters. The van der Waals surface area contributed by atoms with Gasteiger partial charge in [-0.15, -0.1) is 0 Å². The lowest BCUT2D eigenvalue weighted by Gasteiger charge is -2.12. The van der Waals surface area contributed by atoms with Gasteiger partial charge in [0, 0.05) is 11.6 Å². The number of methoxy groups -OCH3 is 1. The summed E-state index contributed by atoms with van der Waals surface area (Å²) >= 11 is 5.77. The molecule has 0 amide bonds. The zero-order chi connectivity index (χ0) is 21.4. The van der Waals surface area contributed by atoms with Crippen molar-refractivity contribution in [3.63, 3.8) is 0 Å². The predicted molar refractivity (Wildman–Crippen MR) is 101 cm³/mol. The van der Waals surface area contributed by atoms with E-state index in [4.69, 9.17) is 21.1 Å². The van der Waals surface area contributed by atoms with Crippen molar-refractivity contribution in [1.29, 1.82) is 0 Å². The van der Waals surface area contributed by atoms with Gasteiger partial charge in [0.2, 0.25) is 10.0 Å². The Bertz CT molecular complexity index is 955. The molecule has 7 nitrogen and oxygen atoms in total. The molecule has 11 heteroatoms. The van der Waals surface area contributed by atoms with Gasteiger partial charge < -0.3 is 14.2 Å². The van der Waals surface area contributed by atoms with Crippen LogP contribution in [-0.4, -0.2) is 34.7 Å². The molecule has 0 aliphatic carbocycles. The third-order valence-corrected chi connectivity index (χ3v) is 5.27. The molecule has 0 saturated carbocycles. The van der Waals surface area contributed by atoms with Gasteiger partial charge in [0.25, 0.3) is 0 Å². The van der Waals surface area contributed by atoms with Crippen LogP contribution in [0.3, 0.4) is 0 Å². The Hall–Kier alpha value is -2.43. The SMILES string of the molecule is COc1cc(COC(=O)CCNS(=O)(=O)c2cccc(Cl)c2)ccc1OC(F)F. The van der Waals surface area contributed by atoms with Crippen molar-refractivity contribution in [2.24, 2.45) is 0 Å². The minimum Gasteiger partial charge on any atom is -0.493 e. The highest BCUT2D eigenvalue weighted by Gasteiger charge is 2.15. The fourth-order valence-electron chi connectivity index (χ4n) is 2.24. The molecule has 0 heterocycles. The summed E-state index contributed by atoms with van der Waals surface area (Å²) in [6.45, 7) is -3.31. The van der Waals surface area contributed by atoms with E-state index in [1.165, 1.54) is 43.5 Å². The lowest BCUT2D eigenvalue weighted by atomic mass is 10.2. The lowest BCUT2D eigenvalue weighted by molar-refractivity contribution is -0.144. The van der Waals surface area contributed by atoms with Crippen LogP contribution in [0.25, 0.3) is 0 Å². The lowest BCUT2D eigenvalue weighted by Crippen LogP contribution is -2.26. The first-order valence-electron chi connectivity index (χ1n) is 8.24. The number of alkyl halides is 2. The van der Waals surface area contributed by atoms with Crippen molar-refractivity contribution in [3.05, 3.63) is 53.1 Å². The van der Waals surface area contributed by atoms with E-state index in [0.717, 1.165) is 0 Å². The molecule has 0 bridgehead atoms. The minimum absolute atomic E-state index is 0.0171. The summed E-state index contributed by atoms with van der Waals surface area (Å²) in [5.41, 5.74) is 0.483. The molecule has 2 aromatic carbocycles. The third-order valence-electron chi connectivity index (χ3n) is 3.57. The minimum atomic E-state index is -3.80. The Balaban J connectivity index is 1.84. The van der Waals surface area contributed by atoms with Gasteiger partial charge in [0.05, 0.1) is 18.4 Å². The van der Waals surface area contributed by atoms with Crippen molar-refractivity contribution in [2.45, 2.75) is 24.5 Å². The van der Waals surface area contributed by atoms with Crippen LogP contribution in [-0.2, 0) is 26.2 Å². The summed E-state index contributed by atoms with van der Waals surface area (Å²) in [5.74, 6) is -0.730. The predicted octanol–water partition coefficient (Wildman–Crippen LogP) is 3.36. The smallest absolute Gasteiger partial charge is 0.387 e. The molecule has 1 N–H and O–H groups in total. The molecule has 0 saturated heterocycles. The molecular formula is C18H18ClF2NO6S. The van der Waals surface area contributed by atoms with Crippen LogP contribution >= 0.6 is 11.6 Å². The number of hydrogen-bond acceptors (Lipinski definition) is 6. The van der Waals surface area contributed by atoms with Gasteiger partial charge in [0.15, 0.2) is 11.5 Å². The summed E-state index contributed by atoms with van der Waals surface area (Å²) in [6.07, 6.45) is -0.205. The van der Waals surface area contributed by atoms with Crippen LogP contribution in [0.2, 0.25) is 5.02 Å². The van der Waals surface area contributed by atoms with E-state index in [1.54, 1.807) is 6.07 Å². The Morgan fingerprint density at radius 2 is 1.93 bits per heavy atom. The number of carbonyl (C=O) groups excluding carboxylic acids is 1. The number of esters is 1. The van der Waals surface area contributed by atoms with E-state index < -0.39 is 22.6 Å². The zero-order valence-corrected chi connectivity index (χ0v) is 16.8. The fourth-order valence-corrected chi connectivity index (χ4v) is 3.57. The molecule has 2 aromatic rings. The molecule has 0 radical (unpaired) electrons. The highest BCUT2D eigenvalue weighted by atomic mass is 35.5. The van der Waals surface area contributed by atoms with E-state index in [-0.39, 0.29) is 41.0 Å². The summed E-state index contributed by atoms with van der Waals surface area (Å²) in [5, 5.41) is 0.271. The summed E-state index contributed by atoms with van der Waals surface area (Å²) in [4.78, 5) is 11.8. The molecular weight excluding hydrogens is 432 g/mol. The van der Waals surface area contributed by atoms with E-state index in [0.29, 0.717) is 5.56 Å². The Labute approximate surface area is 171 Å². The van der Waals surface area contributed by atoms with Crippen molar-refractivity contribution in [3.8, 4) is 11.5 Å². The third kappa shape index (κ3) is 7.15. The number of hydrogen-bond donors (Lipinski definition) is 1. The van der Waals surface area contributed by atoms with E-state index >= 15 is 0 Å². The van der Waals surface area contributed by atoms with Crippen molar-refractivity contribution < 1.29 is 36.2 Å². The van der Waals surface area contributed by atoms with Crippen LogP contribution in [0.4, 0.5) is 8.78 Å². The molecule has 0 aliphatic heterocycles. The molecule has 29 heavy (non-hydrogen) atoms. The average molecular weight is 450 g/mol. The number of sulfonamides is 1. The summed E-state index contributed by atoms with van der Waals surface area (Å²) in [6, 6.07) is 9.81. The van der Waals surface area contributed by atoms with Crippen LogP contribution in [0, 0.1) is 0 Å². The number of halogens is 3. The first kappa shape index (κ1) is 22.9. The number of ether oxygens (including phenoxy) is 3. The van der Waals surface area contributed by atoms with Crippen molar-refractivity contribution >= 4 is 27.6 Å². The first-order chi connectivity index (χ1) is 13.7. The average Bonchev–Trinajstić information content (AvgIpc) is 2.66. The van der Waals surface area contributed by atoms with Crippen molar-refractivity contribution in [1.82, 2.24) is 4.72 Å². The van der Waals surface area contributed by atoms with Crippen LogP contribution in [0.1, 0.15) is 12.0 Å². The Morgan fingerprint density at radius 1 is 1.17 bits per heavy atom. The molecule has 0 fully saturated rings. The van der Waals surface area contributed by atoms with Gasteiger partial charge in [-0.1, -0.05) is 23.7 Å². The molecule has 158 valence electrons. The van der Waals surface area contributed by atoms with Gasteiger partial charge in [-0.2, -0.15) is 8.78 Å². The summed E-state index contributed by atoms with van der Waals surface area (Å²) < 4.78 is 65.5. The topological polar surface area (TPSA) is 90.9 Å². The zero-order valence-electron chi connectivity index (χ0n) is 15.2. The monoisotopic (exact) mass is 449 g/mol. The van der Waals surface area contributed by atoms with E-state index in [2.05, 4.69) is 9.46 Å². The van der Waals surface area contributed by atoms with Crippen LogP contribution in [0.5, 0.6) is 11.5 Å². The van der Waals surface area contributed by atoms with Crippen molar-refractivity contribution in [2.75, 3.05) is 13.7 Å². The maximum Gasteiger partial charge on any atom is 0.387 e. The molecule has 0 spiro atoms. The van der Waals surface area contributed by atoms with Gasteiger partial charge in [-0.25, -0.2) is 13.1 Å². The molecule has 2 rings (SSSR count). The van der Waals surface area contributed by atoms with E-state index in [1.807, 2.05) is 0 Å². The Kier molecular flexibility index (Phi) is 8.18. The normalized spacial score (nSPS) is 11.3. The van der Waals surface area contributed by atoms with Crippen LogP contribution in [0.15, 0.2) is 47.4 Å². The maximum absolute atomic E-state index is 12.3. The quantitative estimate of drug-likeness (QED) is 0.559. The standard InChI is InChI=1S/C18H18ClF2NO6S/c1-26-16-9-12(5-6-15(16)28-18(20)21)11-27-17(23)7-8-22-29(24,25)14-4-2-3-13(19)10-14/h2-6,9-10,18,22H,7-8,11H2,1H3. The first-order valence-corrected chi connectivity index (χ1v) is 10.1. The molecule has 0 aliphatic rings. The highest BCUT2D eigenvalue weighted by molar-refractivity contribution is 7.89. The van der Waals surface area contributed by atoms with E-state index in [9.17, 15) is 22.0 Å². The molecule has 0 aromatic heterocycles. The number of carbonyl (C=O) groups is 1. The van der Waals surface area contributed by atoms with Gasteiger partial charge in [0.1, 0.15) is 6.61 Å². The second kappa shape index (κ2) is 10.4. The van der Waals surface area contributed by atoms with Gasteiger partial charge in [-0.05, 0) is 35.9 Å². The second-order valence-electron chi connectivity index (χ2n) is 5.63. The Morgan fingerprint density at radius 3 is 2.59 bits per heavy atom. The maximum atomic E-state index is 12.3. The summed E-state index contributed by atoms with van der Waals surface area (Å²) in [7, 11) is -2.52. The largest absolute Gasteiger partial charge is 0.493 e.